The van der Waals surface area contributed by atoms with Crippen molar-refractivity contribution in [3.05, 3.63) is 18.2 Å². The lowest BCUT2D eigenvalue weighted by Crippen LogP contribution is -2.36. The summed E-state index contributed by atoms with van der Waals surface area (Å²) < 4.78 is 32.9. The SMILES string of the molecule is COc1ccc(NC(=O)C2CCN(C)CC2)cc1S(=O)(=O)N1CCCCC1. The van der Waals surface area contributed by atoms with Crippen LogP contribution in [0.5, 0.6) is 5.75 Å². The van der Waals surface area contributed by atoms with Crippen molar-refractivity contribution < 1.29 is 17.9 Å². The summed E-state index contributed by atoms with van der Waals surface area (Å²) in [7, 11) is -0.134. The average Bonchev–Trinajstić information content (AvgIpc) is 2.69. The highest BCUT2D eigenvalue weighted by Crippen LogP contribution is 2.31. The molecule has 7 nitrogen and oxygen atoms in total. The van der Waals surface area contributed by atoms with E-state index in [0.717, 1.165) is 45.2 Å². The number of sulfonamides is 1. The van der Waals surface area contributed by atoms with Gasteiger partial charge in [-0.25, -0.2) is 8.42 Å². The van der Waals surface area contributed by atoms with Crippen LogP contribution in [-0.2, 0) is 14.8 Å². The van der Waals surface area contributed by atoms with Gasteiger partial charge in [0.05, 0.1) is 7.11 Å². The zero-order valence-corrected chi connectivity index (χ0v) is 16.9. The predicted molar refractivity (Wildman–Crippen MR) is 104 cm³/mol. The Bertz CT molecular complexity index is 767. The van der Waals surface area contributed by atoms with E-state index in [4.69, 9.17) is 4.74 Å². The van der Waals surface area contributed by atoms with Crippen molar-refractivity contribution in [2.24, 2.45) is 5.92 Å². The first-order valence-corrected chi connectivity index (χ1v) is 11.0. The zero-order valence-electron chi connectivity index (χ0n) is 16.1. The van der Waals surface area contributed by atoms with E-state index < -0.39 is 10.0 Å². The highest BCUT2D eigenvalue weighted by atomic mass is 32.2. The van der Waals surface area contributed by atoms with Crippen LogP contribution in [0.3, 0.4) is 0 Å². The summed E-state index contributed by atoms with van der Waals surface area (Å²) in [6, 6.07) is 4.83. The van der Waals surface area contributed by atoms with Gasteiger partial charge >= 0.3 is 0 Å². The van der Waals surface area contributed by atoms with E-state index in [1.54, 1.807) is 12.1 Å². The maximum absolute atomic E-state index is 13.1. The van der Waals surface area contributed by atoms with Crippen molar-refractivity contribution in [2.75, 3.05) is 45.7 Å². The molecule has 0 bridgehead atoms. The van der Waals surface area contributed by atoms with Gasteiger partial charge in [0, 0.05) is 24.7 Å². The highest BCUT2D eigenvalue weighted by molar-refractivity contribution is 7.89. The van der Waals surface area contributed by atoms with Crippen molar-refractivity contribution in [1.29, 1.82) is 0 Å². The van der Waals surface area contributed by atoms with Gasteiger partial charge in [-0.05, 0) is 64.0 Å². The van der Waals surface area contributed by atoms with Crippen LogP contribution in [-0.4, -0.2) is 63.9 Å². The molecule has 0 spiro atoms. The van der Waals surface area contributed by atoms with Crippen LogP contribution in [0.1, 0.15) is 32.1 Å². The molecule has 8 heteroatoms. The second-order valence-corrected chi connectivity index (χ2v) is 9.30. The summed E-state index contributed by atoms with van der Waals surface area (Å²) in [5, 5.41) is 2.90. The van der Waals surface area contributed by atoms with Crippen LogP contribution in [0, 0.1) is 5.92 Å². The van der Waals surface area contributed by atoms with Gasteiger partial charge in [-0.1, -0.05) is 6.42 Å². The van der Waals surface area contributed by atoms with Gasteiger partial charge in [0.1, 0.15) is 10.6 Å². The number of carbonyl (C=O) groups is 1. The summed E-state index contributed by atoms with van der Waals surface area (Å²) in [6.45, 7) is 2.85. The monoisotopic (exact) mass is 395 g/mol. The molecule has 0 radical (unpaired) electrons. The van der Waals surface area contributed by atoms with E-state index in [9.17, 15) is 13.2 Å². The Morgan fingerprint density at radius 2 is 1.78 bits per heavy atom. The third-order valence-electron chi connectivity index (χ3n) is 5.45. The van der Waals surface area contributed by atoms with Gasteiger partial charge in [0.2, 0.25) is 15.9 Å². The Balaban J connectivity index is 1.80. The number of rotatable bonds is 5. The number of hydrogen-bond donors (Lipinski definition) is 1. The molecule has 2 heterocycles. The number of hydrogen-bond acceptors (Lipinski definition) is 5. The Hall–Kier alpha value is -1.64. The number of benzene rings is 1. The number of amides is 1. The molecule has 150 valence electrons. The number of ether oxygens (including phenoxy) is 1. The van der Waals surface area contributed by atoms with Crippen LogP contribution in [0.15, 0.2) is 23.1 Å². The Labute approximate surface area is 161 Å². The van der Waals surface area contributed by atoms with Crippen LogP contribution in [0.2, 0.25) is 0 Å². The zero-order chi connectivity index (χ0) is 19.4. The lowest BCUT2D eigenvalue weighted by atomic mass is 9.96. The topological polar surface area (TPSA) is 79.0 Å². The van der Waals surface area contributed by atoms with E-state index in [-0.39, 0.29) is 16.7 Å². The number of nitrogens with one attached hydrogen (secondary N) is 1. The van der Waals surface area contributed by atoms with Gasteiger partial charge in [0.15, 0.2) is 0 Å². The molecule has 2 saturated heterocycles. The molecule has 0 aliphatic carbocycles. The minimum atomic E-state index is -3.64. The molecule has 1 aromatic rings. The summed E-state index contributed by atoms with van der Waals surface area (Å²) in [5.41, 5.74) is 0.496. The standard InChI is InChI=1S/C19H29N3O4S/c1-21-12-8-15(9-13-21)19(23)20-16-6-7-17(26-2)18(14-16)27(24,25)22-10-4-3-5-11-22/h6-7,14-15H,3-5,8-13H2,1-2H3,(H,20,23). The minimum absolute atomic E-state index is 0.0366. The largest absolute Gasteiger partial charge is 0.495 e. The van der Waals surface area contributed by atoms with Gasteiger partial charge in [-0.3, -0.25) is 4.79 Å². The molecule has 1 N–H and O–H groups in total. The molecule has 2 aliphatic rings. The van der Waals surface area contributed by atoms with Crippen LogP contribution in [0.4, 0.5) is 5.69 Å². The molecule has 2 fully saturated rings. The first-order valence-electron chi connectivity index (χ1n) is 9.59. The lowest BCUT2D eigenvalue weighted by molar-refractivity contribution is -0.121. The Kier molecular flexibility index (Phi) is 6.39. The predicted octanol–water partition coefficient (Wildman–Crippen LogP) is 2.15. The smallest absolute Gasteiger partial charge is 0.246 e. The van der Waals surface area contributed by atoms with Crippen LogP contribution < -0.4 is 10.1 Å². The van der Waals surface area contributed by atoms with Crippen LogP contribution in [0.25, 0.3) is 0 Å². The number of carbonyl (C=O) groups excluding carboxylic acids is 1. The molecular formula is C19H29N3O4S. The molecule has 0 saturated carbocycles. The normalized spacial score (nSPS) is 20.4. The molecule has 0 aromatic heterocycles. The minimum Gasteiger partial charge on any atom is -0.495 e. The molecule has 1 aromatic carbocycles. The molecule has 3 rings (SSSR count). The maximum atomic E-state index is 13.1. The molecule has 0 unspecified atom stereocenters. The quantitative estimate of drug-likeness (QED) is 0.826. The van der Waals surface area contributed by atoms with Crippen molar-refractivity contribution in [3.8, 4) is 5.75 Å². The fourth-order valence-electron chi connectivity index (χ4n) is 3.72. The van der Waals surface area contributed by atoms with Crippen molar-refractivity contribution in [2.45, 2.75) is 37.0 Å². The van der Waals surface area contributed by atoms with Crippen LogP contribution >= 0.6 is 0 Å². The van der Waals surface area contributed by atoms with E-state index in [1.165, 1.54) is 17.5 Å². The number of nitrogens with zero attached hydrogens (tertiary/aromatic N) is 2. The lowest BCUT2D eigenvalue weighted by Gasteiger charge is -2.28. The highest BCUT2D eigenvalue weighted by Gasteiger charge is 2.30. The molecule has 2 aliphatic heterocycles. The van der Waals surface area contributed by atoms with E-state index >= 15 is 0 Å². The summed E-state index contributed by atoms with van der Waals surface area (Å²) >= 11 is 0. The summed E-state index contributed by atoms with van der Waals surface area (Å²) in [4.78, 5) is 14.9. The van der Waals surface area contributed by atoms with Crippen molar-refractivity contribution in [1.82, 2.24) is 9.21 Å². The molecular weight excluding hydrogens is 366 g/mol. The Morgan fingerprint density at radius 3 is 2.41 bits per heavy atom. The third-order valence-corrected chi connectivity index (χ3v) is 7.37. The maximum Gasteiger partial charge on any atom is 0.246 e. The van der Waals surface area contributed by atoms with E-state index in [0.29, 0.717) is 24.5 Å². The number of anilines is 1. The summed E-state index contributed by atoms with van der Waals surface area (Å²) in [6.07, 6.45) is 4.42. The molecule has 1 amide bonds. The second kappa shape index (κ2) is 8.58. The summed E-state index contributed by atoms with van der Waals surface area (Å²) in [5.74, 6) is 0.220. The second-order valence-electron chi connectivity index (χ2n) is 7.40. The molecule has 27 heavy (non-hydrogen) atoms. The molecule has 0 atom stereocenters. The van der Waals surface area contributed by atoms with Crippen molar-refractivity contribution in [3.63, 3.8) is 0 Å². The van der Waals surface area contributed by atoms with Gasteiger partial charge in [0.25, 0.3) is 0 Å². The van der Waals surface area contributed by atoms with E-state index in [2.05, 4.69) is 17.3 Å². The third kappa shape index (κ3) is 4.62. The number of piperidine rings is 2. The fraction of sp³-hybridized carbons (Fsp3) is 0.632. The van der Waals surface area contributed by atoms with E-state index in [1.807, 2.05) is 0 Å². The average molecular weight is 396 g/mol. The van der Waals surface area contributed by atoms with Gasteiger partial charge < -0.3 is 15.0 Å². The first-order chi connectivity index (χ1) is 12.9. The first kappa shape index (κ1) is 20.1. The number of methoxy groups -OCH3 is 1. The van der Waals surface area contributed by atoms with Gasteiger partial charge in [-0.15, -0.1) is 0 Å². The van der Waals surface area contributed by atoms with Crippen molar-refractivity contribution >= 4 is 21.6 Å². The fourth-order valence-corrected chi connectivity index (χ4v) is 5.41. The number of likely N-dealkylation sites (tertiary alicyclic amines) is 1. The Morgan fingerprint density at radius 1 is 1.11 bits per heavy atom. The van der Waals surface area contributed by atoms with Gasteiger partial charge in [-0.2, -0.15) is 4.31 Å².